The fourth-order valence-electron chi connectivity index (χ4n) is 5.14. The molecule has 4 aliphatic rings. The van der Waals surface area contributed by atoms with Crippen LogP contribution < -0.4 is 5.32 Å². The Morgan fingerprint density at radius 3 is 2.83 bits per heavy atom. The molecule has 0 aromatic carbocycles. The molecule has 1 saturated carbocycles. The average molecular weight is 415 g/mol. The maximum Gasteiger partial charge on any atom is 0.410 e. The standard InChI is InChI=1S/C22H30N4O4/c1-21(14-29-15-21)30-20(28)25-7-2-4-22(5-8-25)9-18(22)11-24-19(27)26-12-16-3-6-23-10-17(16)13-26/h3,6,10,18H,2,4-5,7-9,11-15H2,1H3,(H,24,27)/t18-,22?/m1/s1. The number of pyridine rings is 1. The molecule has 4 heterocycles. The molecular formula is C22H30N4O4. The zero-order valence-corrected chi connectivity index (χ0v) is 17.6. The highest BCUT2D eigenvalue weighted by molar-refractivity contribution is 5.75. The lowest BCUT2D eigenvalue weighted by molar-refractivity contribution is -0.171. The van der Waals surface area contributed by atoms with E-state index < -0.39 is 5.60 Å². The summed E-state index contributed by atoms with van der Waals surface area (Å²) in [6.45, 7) is 6.36. The minimum atomic E-state index is -0.460. The third-order valence-electron chi connectivity index (χ3n) is 7.26. The van der Waals surface area contributed by atoms with Crippen LogP contribution >= 0.6 is 0 Å². The number of ether oxygens (including phenoxy) is 2. The van der Waals surface area contributed by atoms with E-state index in [1.165, 1.54) is 5.56 Å². The first-order valence-electron chi connectivity index (χ1n) is 11.0. The largest absolute Gasteiger partial charge is 0.438 e. The summed E-state index contributed by atoms with van der Waals surface area (Å²) in [5.74, 6) is 0.501. The van der Waals surface area contributed by atoms with E-state index in [1.54, 1.807) is 6.20 Å². The van der Waals surface area contributed by atoms with Crippen molar-refractivity contribution in [2.75, 3.05) is 32.8 Å². The first-order valence-corrected chi connectivity index (χ1v) is 11.0. The molecule has 1 N–H and O–H groups in total. The normalized spacial score (nSPS) is 29.0. The van der Waals surface area contributed by atoms with Crippen LogP contribution in [0.5, 0.6) is 0 Å². The van der Waals surface area contributed by atoms with Gasteiger partial charge in [-0.1, -0.05) is 0 Å². The highest BCUT2D eigenvalue weighted by Gasteiger charge is 2.54. The summed E-state index contributed by atoms with van der Waals surface area (Å²) in [6, 6.07) is 1.99. The number of aromatic nitrogens is 1. The molecular weight excluding hydrogens is 384 g/mol. The summed E-state index contributed by atoms with van der Waals surface area (Å²) in [7, 11) is 0. The fraction of sp³-hybridized carbons (Fsp3) is 0.682. The summed E-state index contributed by atoms with van der Waals surface area (Å²) >= 11 is 0. The van der Waals surface area contributed by atoms with Gasteiger partial charge in [-0.3, -0.25) is 4.98 Å². The molecule has 162 valence electrons. The predicted octanol–water partition coefficient (Wildman–Crippen LogP) is 2.52. The topological polar surface area (TPSA) is 84.0 Å². The molecule has 1 unspecified atom stereocenters. The summed E-state index contributed by atoms with van der Waals surface area (Å²) in [5, 5.41) is 3.14. The Labute approximate surface area is 176 Å². The Bertz CT molecular complexity index is 817. The van der Waals surface area contributed by atoms with Gasteiger partial charge in [0.1, 0.15) is 0 Å². The Kier molecular flexibility index (Phi) is 4.84. The predicted molar refractivity (Wildman–Crippen MR) is 109 cm³/mol. The van der Waals surface area contributed by atoms with Gasteiger partial charge in [-0.25, -0.2) is 9.59 Å². The van der Waals surface area contributed by atoms with Gasteiger partial charge in [-0.15, -0.1) is 0 Å². The van der Waals surface area contributed by atoms with Gasteiger partial charge in [0.05, 0.1) is 13.2 Å². The van der Waals surface area contributed by atoms with E-state index in [0.717, 1.165) is 44.3 Å². The van der Waals surface area contributed by atoms with E-state index in [2.05, 4.69) is 10.3 Å². The quantitative estimate of drug-likeness (QED) is 0.822. The van der Waals surface area contributed by atoms with Gasteiger partial charge < -0.3 is 24.6 Å². The Hall–Kier alpha value is -2.35. The van der Waals surface area contributed by atoms with Crippen molar-refractivity contribution < 1.29 is 19.1 Å². The van der Waals surface area contributed by atoms with Gasteiger partial charge in [-0.2, -0.15) is 0 Å². The second-order valence-corrected chi connectivity index (χ2v) is 9.60. The maximum absolute atomic E-state index is 12.6. The number of likely N-dealkylation sites (tertiary alicyclic amines) is 1. The first kappa shape index (κ1) is 19.6. The monoisotopic (exact) mass is 414 g/mol. The molecule has 5 rings (SSSR count). The number of hydrogen-bond acceptors (Lipinski definition) is 5. The minimum Gasteiger partial charge on any atom is -0.438 e. The zero-order valence-electron chi connectivity index (χ0n) is 17.6. The fourth-order valence-corrected chi connectivity index (χ4v) is 5.14. The van der Waals surface area contributed by atoms with Crippen molar-refractivity contribution in [3.8, 4) is 0 Å². The summed E-state index contributed by atoms with van der Waals surface area (Å²) in [6.07, 6.45) is 7.62. The lowest BCUT2D eigenvalue weighted by Gasteiger charge is -2.38. The molecule has 1 aromatic heterocycles. The van der Waals surface area contributed by atoms with Crippen molar-refractivity contribution >= 4 is 12.1 Å². The number of amides is 3. The van der Waals surface area contributed by atoms with Crippen molar-refractivity contribution in [2.24, 2.45) is 11.3 Å². The Balaban J connectivity index is 1.08. The number of nitrogens with zero attached hydrogens (tertiary/aromatic N) is 3. The minimum absolute atomic E-state index is 0.00281. The second-order valence-electron chi connectivity index (χ2n) is 9.60. The highest BCUT2D eigenvalue weighted by Crippen LogP contribution is 2.59. The number of fused-ring (bicyclic) bond motifs is 1. The average Bonchev–Trinajstić information content (AvgIpc) is 3.30. The van der Waals surface area contributed by atoms with E-state index in [9.17, 15) is 9.59 Å². The summed E-state index contributed by atoms with van der Waals surface area (Å²) < 4.78 is 10.8. The smallest absolute Gasteiger partial charge is 0.410 e. The molecule has 8 nitrogen and oxygen atoms in total. The van der Waals surface area contributed by atoms with Crippen LogP contribution in [0.4, 0.5) is 9.59 Å². The van der Waals surface area contributed by atoms with Crippen LogP contribution in [0.1, 0.15) is 43.7 Å². The summed E-state index contributed by atoms with van der Waals surface area (Å²) in [5.41, 5.74) is 2.12. The van der Waals surface area contributed by atoms with Crippen LogP contribution in [0.15, 0.2) is 18.5 Å². The lowest BCUT2D eigenvalue weighted by atomic mass is 9.94. The molecule has 3 amide bonds. The third-order valence-corrected chi connectivity index (χ3v) is 7.26. The van der Waals surface area contributed by atoms with Crippen molar-refractivity contribution in [1.82, 2.24) is 20.1 Å². The van der Waals surface area contributed by atoms with Gasteiger partial charge in [0.2, 0.25) is 0 Å². The molecule has 1 spiro atoms. The molecule has 2 saturated heterocycles. The number of carbonyl (C=O) groups is 2. The van der Waals surface area contributed by atoms with Crippen LogP contribution in [0, 0.1) is 11.3 Å². The number of rotatable bonds is 3. The molecule has 8 heteroatoms. The van der Waals surface area contributed by atoms with Crippen LogP contribution in [0.2, 0.25) is 0 Å². The van der Waals surface area contributed by atoms with Gasteiger partial charge in [0.25, 0.3) is 0 Å². The van der Waals surface area contributed by atoms with Crippen molar-refractivity contribution in [3.63, 3.8) is 0 Å². The van der Waals surface area contributed by atoms with E-state index >= 15 is 0 Å². The second kappa shape index (κ2) is 7.41. The molecule has 1 aliphatic carbocycles. The summed E-state index contributed by atoms with van der Waals surface area (Å²) in [4.78, 5) is 33.0. The van der Waals surface area contributed by atoms with Crippen LogP contribution in [-0.2, 0) is 22.6 Å². The van der Waals surface area contributed by atoms with Crippen molar-refractivity contribution in [1.29, 1.82) is 0 Å². The van der Waals surface area contributed by atoms with Crippen LogP contribution in [-0.4, -0.2) is 65.4 Å². The Morgan fingerprint density at radius 1 is 1.23 bits per heavy atom. The van der Waals surface area contributed by atoms with Crippen molar-refractivity contribution in [2.45, 2.75) is 51.3 Å². The van der Waals surface area contributed by atoms with E-state index in [4.69, 9.17) is 9.47 Å². The first-order chi connectivity index (χ1) is 14.5. The highest BCUT2D eigenvalue weighted by atomic mass is 16.6. The Morgan fingerprint density at radius 2 is 2.07 bits per heavy atom. The molecule has 3 aliphatic heterocycles. The number of urea groups is 1. The van der Waals surface area contributed by atoms with E-state index in [0.29, 0.717) is 38.8 Å². The van der Waals surface area contributed by atoms with E-state index in [1.807, 2.05) is 29.0 Å². The maximum atomic E-state index is 12.6. The van der Waals surface area contributed by atoms with Crippen molar-refractivity contribution in [3.05, 3.63) is 29.6 Å². The molecule has 30 heavy (non-hydrogen) atoms. The zero-order chi connectivity index (χ0) is 20.8. The van der Waals surface area contributed by atoms with Gasteiger partial charge >= 0.3 is 12.1 Å². The lowest BCUT2D eigenvalue weighted by Crippen LogP contribution is -2.52. The van der Waals surface area contributed by atoms with Crippen LogP contribution in [0.3, 0.4) is 0 Å². The number of hydrogen-bond donors (Lipinski definition) is 1. The van der Waals surface area contributed by atoms with E-state index in [-0.39, 0.29) is 17.5 Å². The number of carbonyl (C=O) groups excluding carboxylic acids is 2. The molecule has 2 atom stereocenters. The molecule has 0 bridgehead atoms. The molecule has 3 fully saturated rings. The third kappa shape index (κ3) is 3.73. The molecule has 0 radical (unpaired) electrons. The van der Waals surface area contributed by atoms with Crippen LogP contribution in [0.25, 0.3) is 0 Å². The van der Waals surface area contributed by atoms with Gasteiger partial charge in [-0.05, 0) is 61.1 Å². The SMILES string of the molecule is CC1(OC(=O)N2CCCC3(CC2)C[C@@H]3CNC(=O)N2Cc3ccncc3C2)COC1. The molecule has 1 aromatic rings. The number of nitrogens with one attached hydrogen (secondary N) is 1. The van der Waals surface area contributed by atoms with Gasteiger partial charge in [0.15, 0.2) is 5.60 Å². The van der Waals surface area contributed by atoms with Gasteiger partial charge in [0, 0.05) is 45.1 Å².